The van der Waals surface area contributed by atoms with Gasteiger partial charge in [0.05, 0.1) is 8.22 Å². The highest BCUT2D eigenvalue weighted by Gasteiger charge is 2.18. The molecule has 0 unspecified atom stereocenters. The number of rotatable bonds is 4. The van der Waals surface area contributed by atoms with Crippen LogP contribution in [0.4, 0.5) is 0 Å². The Bertz CT molecular complexity index is 2800. The van der Waals surface area contributed by atoms with Gasteiger partial charge in [0.15, 0.2) is 0 Å². The van der Waals surface area contributed by atoms with Gasteiger partial charge < -0.3 is 4.42 Å². The molecule has 9 rings (SSSR count). The third-order valence-corrected chi connectivity index (χ3v) is 8.51. The first-order valence-electron chi connectivity index (χ1n) is 18.0. The fourth-order valence-electron chi connectivity index (χ4n) is 6.46. The Hall–Kier alpha value is -5.92. The van der Waals surface area contributed by atoms with Crippen LogP contribution < -0.4 is 0 Å². The lowest BCUT2D eigenvalue weighted by atomic mass is 9.85. The molecule has 1 heteroatoms. The van der Waals surface area contributed by atoms with Crippen molar-refractivity contribution in [1.29, 1.82) is 0 Å². The van der Waals surface area contributed by atoms with Crippen LogP contribution in [0.25, 0.3) is 88.0 Å². The number of benzene rings is 8. The Morgan fingerprint density at radius 2 is 0.756 bits per heavy atom. The van der Waals surface area contributed by atoms with E-state index < -0.39 is 0 Å². The molecular weight excluding hydrogens is 544 g/mol. The summed E-state index contributed by atoms with van der Waals surface area (Å²) in [6.45, 7) is 0. The van der Waals surface area contributed by atoms with Gasteiger partial charge in [-0.25, -0.2) is 0 Å². The lowest BCUT2D eigenvalue weighted by Gasteiger charge is -2.18. The molecule has 0 N–H and O–H groups in total. The van der Waals surface area contributed by atoms with Gasteiger partial charge in [0.1, 0.15) is 11.2 Å². The topological polar surface area (TPSA) is 13.1 Å². The van der Waals surface area contributed by atoms with Crippen LogP contribution in [0.3, 0.4) is 0 Å². The van der Waals surface area contributed by atoms with E-state index in [0.717, 1.165) is 43.8 Å². The largest absolute Gasteiger partial charge is 0.456 e. The van der Waals surface area contributed by atoms with E-state index in [1.165, 1.54) is 0 Å². The van der Waals surface area contributed by atoms with Crippen molar-refractivity contribution in [3.05, 3.63) is 170 Å². The summed E-state index contributed by atoms with van der Waals surface area (Å²) >= 11 is 0. The molecule has 0 atom stereocenters. The quantitative estimate of drug-likeness (QED) is 0.189. The average molecular weight is 579 g/mol. The number of hydrogen-bond donors (Lipinski definition) is 0. The summed E-state index contributed by atoms with van der Waals surface area (Å²) < 4.78 is 61.3. The van der Waals surface area contributed by atoms with Crippen LogP contribution in [0.1, 0.15) is 8.22 Å². The third kappa shape index (κ3) is 4.24. The van der Waals surface area contributed by atoms with E-state index in [9.17, 15) is 5.48 Å². The molecule has 210 valence electrons. The van der Waals surface area contributed by atoms with Crippen LogP contribution in [0.5, 0.6) is 0 Å². The summed E-state index contributed by atoms with van der Waals surface area (Å²) in [4.78, 5) is 0. The van der Waals surface area contributed by atoms with Gasteiger partial charge in [-0.05, 0) is 96.3 Å². The van der Waals surface area contributed by atoms with Crippen LogP contribution in [0, 0.1) is 0 Å². The van der Waals surface area contributed by atoms with E-state index in [2.05, 4.69) is 48.5 Å². The van der Waals surface area contributed by atoms with Gasteiger partial charge in [-0.3, -0.25) is 0 Å². The number of hydrogen-bond acceptors (Lipinski definition) is 1. The van der Waals surface area contributed by atoms with E-state index in [1.54, 1.807) is 12.1 Å². The van der Waals surface area contributed by atoms with Gasteiger partial charge in [-0.1, -0.05) is 139 Å². The van der Waals surface area contributed by atoms with Crippen LogP contribution in [0.2, 0.25) is 0 Å². The van der Waals surface area contributed by atoms with Crippen LogP contribution in [-0.4, -0.2) is 0 Å². The maximum absolute atomic E-state index is 9.75. The first-order valence-corrected chi connectivity index (χ1v) is 15.0. The second kappa shape index (κ2) is 10.4. The predicted molar refractivity (Wildman–Crippen MR) is 190 cm³/mol. The van der Waals surface area contributed by atoms with E-state index in [1.807, 2.05) is 72.8 Å². The second-order valence-corrected chi connectivity index (χ2v) is 11.2. The van der Waals surface area contributed by atoms with Crippen LogP contribution in [0.15, 0.2) is 174 Å². The Balaban J connectivity index is 1.40. The molecule has 0 saturated heterocycles. The molecule has 0 aliphatic heterocycles. The Morgan fingerprint density at radius 3 is 1.33 bits per heavy atom. The Morgan fingerprint density at radius 1 is 0.333 bits per heavy atom. The average Bonchev–Trinajstić information content (AvgIpc) is 3.59. The summed E-state index contributed by atoms with van der Waals surface area (Å²) in [7, 11) is 0. The van der Waals surface area contributed by atoms with Crippen LogP contribution >= 0.6 is 0 Å². The van der Waals surface area contributed by atoms with Crippen molar-refractivity contribution in [2.75, 3.05) is 0 Å². The molecule has 0 amide bonds. The minimum absolute atomic E-state index is 0.0263. The molecule has 0 aliphatic carbocycles. The number of fused-ring (bicyclic) bond motifs is 5. The van der Waals surface area contributed by atoms with Crippen molar-refractivity contribution in [3.8, 4) is 44.5 Å². The summed E-state index contributed by atoms with van der Waals surface area (Å²) in [6, 6.07) is 42.9. The van der Waals surface area contributed by atoms with Crippen molar-refractivity contribution in [3.63, 3.8) is 0 Å². The lowest BCUT2D eigenvalue weighted by Crippen LogP contribution is -1.91. The molecule has 0 saturated carbocycles. The van der Waals surface area contributed by atoms with Gasteiger partial charge >= 0.3 is 0 Å². The standard InChI is InChI=1S/C44H28O/c1-3-12-29(13-4-1)31-16-11-17-33(26-31)43-35-18-7-9-20-37(35)44(38-21-10-8-19-36(38)43)34-23-25-42-40(28-34)39-27-32(22-24-41(39)45-42)30-14-5-2-6-15-30/h1-28H/i22D,23D,24D,25D,27D,28D. The highest BCUT2D eigenvalue weighted by Crippen LogP contribution is 2.45. The second-order valence-electron chi connectivity index (χ2n) is 11.2. The Labute approximate surface area is 270 Å². The zero-order valence-corrected chi connectivity index (χ0v) is 24.1. The molecule has 45 heavy (non-hydrogen) atoms. The third-order valence-electron chi connectivity index (χ3n) is 8.51. The van der Waals surface area contributed by atoms with E-state index >= 15 is 0 Å². The first kappa shape index (κ1) is 20.1. The predicted octanol–water partition coefficient (Wildman–Crippen LogP) is 12.6. The van der Waals surface area contributed by atoms with Crippen molar-refractivity contribution in [2.45, 2.75) is 0 Å². The van der Waals surface area contributed by atoms with Gasteiger partial charge in [0, 0.05) is 10.8 Å². The molecule has 9 aromatic rings. The fourth-order valence-corrected chi connectivity index (χ4v) is 6.46. The minimum Gasteiger partial charge on any atom is -0.456 e. The van der Waals surface area contributed by atoms with Crippen molar-refractivity contribution >= 4 is 43.5 Å². The van der Waals surface area contributed by atoms with Crippen molar-refractivity contribution < 1.29 is 12.6 Å². The molecule has 1 nitrogen and oxygen atoms in total. The number of furan rings is 1. The molecule has 0 radical (unpaired) electrons. The molecule has 1 aromatic heterocycles. The molecular formula is C44H28O. The highest BCUT2D eigenvalue weighted by molar-refractivity contribution is 6.22. The summed E-state index contributed by atoms with van der Waals surface area (Å²) in [5.41, 5.74) is 6.00. The van der Waals surface area contributed by atoms with Crippen molar-refractivity contribution in [2.24, 2.45) is 0 Å². The maximum Gasteiger partial charge on any atom is 0.135 e. The normalized spacial score (nSPS) is 13.4. The van der Waals surface area contributed by atoms with E-state index in [4.69, 9.17) is 7.16 Å². The minimum atomic E-state index is -0.230. The smallest absolute Gasteiger partial charge is 0.135 e. The van der Waals surface area contributed by atoms with E-state index in [-0.39, 0.29) is 69.3 Å². The zero-order chi connectivity index (χ0) is 35.0. The summed E-state index contributed by atoms with van der Waals surface area (Å²) in [5.74, 6) is 0. The van der Waals surface area contributed by atoms with E-state index in [0.29, 0.717) is 11.1 Å². The highest BCUT2D eigenvalue weighted by atomic mass is 16.3. The molecule has 0 aliphatic rings. The summed E-state index contributed by atoms with van der Waals surface area (Å²) in [6.07, 6.45) is 0. The van der Waals surface area contributed by atoms with Gasteiger partial charge in [-0.15, -0.1) is 0 Å². The Kier molecular flexibility index (Phi) is 4.63. The first-order chi connectivity index (χ1) is 24.8. The van der Waals surface area contributed by atoms with Gasteiger partial charge in [0.25, 0.3) is 0 Å². The lowest BCUT2D eigenvalue weighted by molar-refractivity contribution is 0.669. The van der Waals surface area contributed by atoms with Crippen molar-refractivity contribution in [1.82, 2.24) is 0 Å². The maximum atomic E-state index is 9.75. The molecule has 0 bridgehead atoms. The zero-order valence-electron chi connectivity index (χ0n) is 30.1. The molecule has 1 heterocycles. The van der Waals surface area contributed by atoms with Gasteiger partial charge in [-0.2, -0.15) is 0 Å². The fraction of sp³-hybridized carbons (Fsp3) is 0. The SMILES string of the molecule is [2H]c1c(-c2ccccc2)c([2H])c2c(oc3c([2H])c([2H])c(-c4c5ccccc5c(-c5cccc(-c6ccccc6)c5)c5ccccc45)c([2H])c32)c1[2H]. The molecule has 0 spiro atoms. The van der Waals surface area contributed by atoms with Gasteiger partial charge in [0.2, 0.25) is 0 Å². The van der Waals surface area contributed by atoms with Crippen LogP contribution in [-0.2, 0) is 0 Å². The molecule has 0 fully saturated rings. The monoisotopic (exact) mass is 578 g/mol. The summed E-state index contributed by atoms with van der Waals surface area (Å²) in [5, 5.41) is 3.95. The molecule has 8 aromatic carbocycles.